The van der Waals surface area contributed by atoms with Crippen molar-refractivity contribution in [1.29, 1.82) is 0 Å². The highest BCUT2D eigenvalue weighted by molar-refractivity contribution is 9.10. The predicted octanol–water partition coefficient (Wildman–Crippen LogP) is 2.28. The van der Waals surface area contributed by atoms with Crippen molar-refractivity contribution in [3.05, 3.63) is 28.7 Å². The Morgan fingerprint density at radius 1 is 1.40 bits per heavy atom. The number of hydrogen-bond donors (Lipinski definition) is 1. The predicted molar refractivity (Wildman–Crippen MR) is 56.9 cm³/mol. The largest absolute Gasteiger partial charge is 0.478 e. The Hall–Kier alpha value is -1.49. The molecule has 0 bridgehead atoms. The molecule has 1 aromatic rings. The molecule has 0 saturated carbocycles. The molecule has 1 aliphatic heterocycles. The maximum atomic E-state index is 10.8. The molecule has 0 radical (unpaired) electrons. The maximum absolute atomic E-state index is 10.8. The Bertz CT molecular complexity index is 453. The molecule has 0 aliphatic carbocycles. The zero-order chi connectivity index (χ0) is 11.0. The van der Waals surface area contributed by atoms with Gasteiger partial charge in [0.1, 0.15) is 0 Å². The van der Waals surface area contributed by atoms with Gasteiger partial charge in [-0.3, -0.25) is 0 Å². The Balaban J connectivity index is 2.49. The van der Waals surface area contributed by atoms with Crippen LogP contribution in [0.3, 0.4) is 0 Å². The number of carboxylic acid groups (broad SMARTS) is 1. The van der Waals surface area contributed by atoms with E-state index in [1.54, 1.807) is 12.1 Å². The molecular weight excluding hydrogens is 264 g/mol. The lowest BCUT2D eigenvalue weighted by molar-refractivity contribution is -0.130. The number of hydrogen-bond acceptors (Lipinski definition) is 3. The van der Waals surface area contributed by atoms with Gasteiger partial charge in [-0.1, -0.05) is 22.5 Å². The van der Waals surface area contributed by atoms with Crippen molar-refractivity contribution in [3.8, 4) is 11.5 Å². The molecule has 1 aromatic carbocycles. The van der Waals surface area contributed by atoms with Crippen molar-refractivity contribution >= 4 is 27.5 Å². The third-order valence-electron chi connectivity index (χ3n) is 2.05. The molecule has 4 nitrogen and oxygen atoms in total. The topological polar surface area (TPSA) is 55.8 Å². The average Bonchev–Trinajstić information content (AvgIpc) is 2.62. The highest BCUT2D eigenvalue weighted by Gasteiger charge is 2.19. The van der Waals surface area contributed by atoms with Gasteiger partial charge in [0.05, 0.1) is 5.57 Å². The summed E-state index contributed by atoms with van der Waals surface area (Å²) in [5, 5.41) is 8.82. The van der Waals surface area contributed by atoms with Crippen molar-refractivity contribution in [2.45, 2.75) is 0 Å². The monoisotopic (exact) mass is 270 g/mol. The quantitative estimate of drug-likeness (QED) is 0.838. The van der Waals surface area contributed by atoms with E-state index in [2.05, 4.69) is 22.5 Å². The summed E-state index contributed by atoms with van der Waals surface area (Å²) in [5.74, 6) is 0.0778. The first-order valence-corrected chi connectivity index (χ1v) is 4.90. The molecule has 1 heterocycles. The van der Waals surface area contributed by atoms with E-state index in [4.69, 9.17) is 14.6 Å². The zero-order valence-corrected chi connectivity index (χ0v) is 9.20. The number of fused-ring (bicyclic) bond motifs is 1. The molecule has 1 aliphatic rings. The third kappa shape index (κ3) is 1.70. The van der Waals surface area contributed by atoms with Gasteiger partial charge < -0.3 is 14.6 Å². The summed E-state index contributed by atoms with van der Waals surface area (Å²) in [6, 6.07) is 3.27. The molecule has 0 unspecified atom stereocenters. The van der Waals surface area contributed by atoms with Crippen molar-refractivity contribution in [1.82, 2.24) is 0 Å². The van der Waals surface area contributed by atoms with Crippen molar-refractivity contribution in [2.24, 2.45) is 0 Å². The smallest absolute Gasteiger partial charge is 0.335 e. The number of carboxylic acids is 1. The second-order valence-electron chi connectivity index (χ2n) is 2.97. The summed E-state index contributed by atoms with van der Waals surface area (Å²) in [4.78, 5) is 10.8. The van der Waals surface area contributed by atoms with Crippen LogP contribution in [0.5, 0.6) is 11.5 Å². The van der Waals surface area contributed by atoms with E-state index in [1.165, 1.54) is 0 Å². The number of halogens is 1. The third-order valence-corrected chi connectivity index (χ3v) is 2.70. The van der Waals surface area contributed by atoms with Gasteiger partial charge in [0.25, 0.3) is 0 Å². The molecule has 2 rings (SSSR count). The standard InChI is InChI=1S/C10H7BrO4/c1-5(10(12)13)6-2-8-9(3-7(6)11)15-4-14-8/h2-3H,1,4H2,(H,12,13). The van der Waals surface area contributed by atoms with Crippen molar-refractivity contribution < 1.29 is 19.4 Å². The highest BCUT2D eigenvalue weighted by Crippen LogP contribution is 2.38. The van der Waals surface area contributed by atoms with E-state index in [1.807, 2.05) is 0 Å². The first kappa shape index (κ1) is 10.0. The van der Waals surface area contributed by atoms with Gasteiger partial charge in [0.15, 0.2) is 11.5 Å². The van der Waals surface area contributed by atoms with Crippen LogP contribution in [-0.2, 0) is 4.79 Å². The molecule has 1 N–H and O–H groups in total. The van der Waals surface area contributed by atoms with Gasteiger partial charge in [0.2, 0.25) is 6.79 Å². The van der Waals surface area contributed by atoms with Crippen LogP contribution in [-0.4, -0.2) is 17.9 Å². The maximum Gasteiger partial charge on any atom is 0.335 e. The summed E-state index contributed by atoms with van der Waals surface area (Å²) in [6.45, 7) is 3.64. The van der Waals surface area contributed by atoms with Crippen LogP contribution < -0.4 is 9.47 Å². The number of rotatable bonds is 2. The first-order valence-electron chi connectivity index (χ1n) is 4.11. The van der Waals surface area contributed by atoms with Crippen molar-refractivity contribution in [3.63, 3.8) is 0 Å². The SMILES string of the molecule is C=C(C(=O)O)c1cc2c(cc1Br)OCO2. The van der Waals surface area contributed by atoms with E-state index in [0.29, 0.717) is 21.5 Å². The Morgan fingerprint density at radius 2 is 2.00 bits per heavy atom. The minimum atomic E-state index is -1.06. The lowest BCUT2D eigenvalue weighted by atomic mass is 10.1. The minimum Gasteiger partial charge on any atom is -0.478 e. The fourth-order valence-electron chi connectivity index (χ4n) is 1.26. The fraction of sp³-hybridized carbons (Fsp3) is 0.100. The average molecular weight is 271 g/mol. The van der Waals surface area contributed by atoms with E-state index in [9.17, 15) is 4.79 Å². The Morgan fingerprint density at radius 3 is 2.60 bits per heavy atom. The van der Waals surface area contributed by atoms with E-state index in [0.717, 1.165) is 0 Å². The van der Waals surface area contributed by atoms with Crippen LogP contribution >= 0.6 is 15.9 Å². The molecule has 0 spiro atoms. The molecule has 0 atom stereocenters. The second kappa shape index (κ2) is 3.58. The van der Waals surface area contributed by atoms with Gasteiger partial charge >= 0.3 is 5.97 Å². The van der Waals surface area contributed by atoms with Gasteiger partial charge in [-0.2, -0.15) is 0 Å². The lowest BCUT2D eigenvalue weighted by Crippen LogP contribution is -1.98. The molecule has 15 heavy (non-hydrogen) atoms. The number of ether oxygens (including phenoxy) is 2. The zero-order valence-electron chi connectivity index (χ0n) is 7.62. The van der Waals surface area contributed by atoms with Gasteiger partial charge in [-0.05, 0) is 12.1 Å². The van der Waals surface area contributed by atoms with E-state index < -0.39 is 5.97 Å². The Labute approximate surface area is 94.2 Å². The van der Waals surface area contributed by atoms with E-state index in [-0.39, 0.29) is 12.4 Å². The van der Waals surface area contributed by atoms with Crippen LogP contribution in [0, 0.1) is 0 Å². The Kier molecular flexibility index (Phi) is 2.40. The van der Waals surface area contributed by atoms with E-state index >= 15 is 0 Å². The number of benzene rings is 1. The summed E-state index contributed by atoms with van der Waals surface area (Å²) >= 11 is 3.26. The molecule has 78 valence electrons. The van der Waals surface area contributed by atoms with Crippen molar-refractivity contribution in [2.75, 3.05) is 6.79 Å². The number of aliphatic carboxylic acids is 1. The van der Waals surface area contributed by atoms with Crippen LogP contribution in [0.2, 0.25) is 0 Å². The molecule has 5 heteroatoms. The second-order valence-corrected chi connectivity index (χ2v) is 3.82. The van der Waals surface area contributed by atoms with Crippen LogP contribution in [0.15, 0.2) is 23.2 Å². The first-order chi connectivity index (χ1) is 7.09. The normalized spacial score (nSPS) is 12.6. The summed E-state index contributed by atoms with van der Waals surface area (Å²) in [7, 11) is 0. The van der Waals surface area contributed by atoms with Crippen LogP contribution in [0.1, 0.15) is 5.56 Å². The molecule has 0 amide bonds. The van der Waals surface area contributed by atoms with Gasteiger partial charge in [0, 0.05) is 10.0 Å². The lowest BCUT2D eigenvalue weighted by Gasteiger charge is -2.05. The number of carbonyl (C=O) groups is 1. The molecule has 0 fully saturated rings. The van der Waals surface area contributed by atoms with Gasteiger partial charge in [-0.25, -0.2) is 4.79 Å². The molecule has 0 aromatic heterocycles. The van der Waals surface area contributed by atoms with Crippen LogP contribution in [0.4, 0.5) is 0 Å². The molecular formula is C10H7BrO4. The summed E-state index contributed by atoms with van der Waals surface area (Å²) < 4.78 is 10.9. The highest BCUT2D eigenvalue weighted by atomic mass is 79.9. The van der Waals surface area contributed by atoms with Gasteiger partial charge in [-0.15, -0.1) is 0 Å². The van der Waals surface area contributed by atoms with Crippen LogP contribution in [0.25, 0.3) is 5.57 Å². The molecule has 0 saturated heterocycles. The summed E-state index contributed by atoms with van der Waals surface area (Å²) in [6.07, 6.45) is 0. The minimum absolute atomic E-state index is 0.0141. The fourth-order valence-corrected chi connectivity index (χ4v) is 1.83. The summed E-state index contributed by atoms with van der Waals surface area (Å²) in [5.41, 5.74) is 0.506.